The van der Waals surface area contributed by atoms with Gasteiger partial charge in [-0.05, 0) is 18.6 Å². The maximum atomic E-state index is 12.0. The molecule has 0 saturated carbocycles. The molecule has 1 N–H and O–H groups in total. The third kappa shape index (κ3) is 3.77. The lowest BCUT2D eigenvalue weighted by Gasteiger charge is -2.18. The quantitative estimate of drug-likeness (QED) is 0.823. The van der Waals surface area contributed by atoms with Crippen molar-refractivity contribution in [3.8, 4) is 0 Å². The molecule has 1 amide bonds. The van der Waals surface area contributed by atoms with Crippen LogP contribution in [0.25, 0.3) is 0 Å². The van der Waals surface area contributed by atoms with Gasteiger partial charge in [0.15, 0.2) is 0 Å². The van der Waals surface area contributed by atoms with Gasteiger partial charge in [0.2, 0.25) is 5.91 Å². The van der Waals surface area contributed by atoms with E-state index in [1.54, 1.807) is 24.0 Å². The second-order valence-corrected chi connectivity index (χ2v) is 5.67. The number of nitrogens with one attached hydrogen (secondary N) is 1. The van der Waals surface area contributed by atoms with Gasteiger partial charge in [-0.1, -0.05) is 0 Å². The molecule has 1 saturated heterocycles. The fourth-order valence-electron chi connectivity index (χ4n) is 2.69. The molecule has 8 heteroatoms. The van der Waals surface area contributed by atoms with Crippen LogP contribution in [0, 0.1) is 0 Å². The second kappa shape index (κ2) is 6.64. The number of carbonyl (C=O) groups is 1. The number of aryl methyl sites for hydroxylation is 2. The van der Waals surface area contributed by atoms with Gasteiger partial charge in [-0.25, -0.2) is 4.68 Å². The lowest BCUT2D eigenvalue weighted by Crippen LogP contribution is -2.37. The average Bonchev–Trinajstić information content (AvgIpc) is 3.19. The minimum Gasteiger partial charge on any atom is -0.353 e. The topological polar surface area (TPSA) is 85.1 Å². The molecule has 1 unspecified atom stereocenters. The van der Waals surface area contributed by atoms with Crippen LogP contribution in [0.4, 0.5) is 5.82 Å². The number of rotatable bonds is 5. The summed E-state index contributed by atoms with van der Waals surface area (Å²) in [5.74, 6) is 0.793. The first-order chi connectivity index (χ1) is 11.1. The van der Waals surface area contributed by atoms with Gasteiger partial charge in [0.05, 0.1) is 0 Å². The predicted octanol–water partition coefficient (Wildman–Crippen LogP) is -0.238. The van der Waals surface area contributed by atoms with Crippen molar-refractivity contribution in [2.24, 2.45) is 7.05 Å². The van der Waals surface area contributed by atoms with Crippen LogP contribution in [0.3, 0.4) is 0 Å². The molecule has 0 spiro atoms. The summed E-state index contributed by atoms with van der Waals surface area (Å²) >= 11 is 0. The number of nitrogens with zero attached hydrogens (tertiary/aromatic N) is 5. The van der Waals surface area contributed by atoms with Crippen LogP contribution in [-0.2, 0) is 18.4 Å². The molecule has 2 aromatic rings. The number of aromatic nitrogens is 4. The summed E-state index contributed by atoms with van der Waals surface area (Å²) in [5, 5.41) is 11.4. The van der Waals surface area contributed by atoms with E-state index in [2.05, 4.69) is 20.4 Å². The van der Waals surface area contributed by atoms with Gasteiger partial charge in [0.1, 0.15) is 5.82 Å². The van der Waals surface area contributed by atoms with Gasteiger partial charge < -0.3 is 10.2 Å². The largest absolute Gasteiger partial charge is 0.353 e. The van der Waals surface area contributed by atoms with Gasteiger partial charge in [0.25, 0.3) is 5.56 Å². The Morgan fingerprint density at radius 2 is 2.30 bits per heavy atom. The van der Waals surface area contributed by atoms with Crippen molar-refractivity contribution in [1.29, 1.82) is 0 Å². The molecular formula is C15H20N6O2. The Kier molecular flexibility index (Phi) is 4.40. The summed E-state index contributed by atoms with van der Waals surface area (Å²) in [6.45, 7) is 2.10. The molecule has 0 bridgehead atoms. The Morgan fingerprint density at radius 1 is 1.43 bits per heavy atom. The van der Waals surface area contributed by atoms with Crippen LogP contribution in [0.15, 0.2) is 35.4 Å². The molecule has 3 rings (SSSR count). The smallest absolute Gasteiger partial charge is 0.266 e. The SMILES string of the molecule is Cn1nc(N2CCC(NC(=O)CCn3cccn3)C2)ccc1=O. The fraction of sp³-hybridized carbons (Fsp3) is 0.467. The molecule has 1 atom stereocenters. The molecule has 0 radical (unpaired) electrons. The normalized spacial score (nSPS) is 17.4. The maximum absolute atomic E-state index is 12.0. The Labute approximate surface area is 133 Å². The van der Waals surface area contributed by atoms with Crippen LogP contribution in [-0.4, -0.2) is 44.6 Å². The van der Waals surface area contributed by atoms with E-state index in [1.165, 1.54) is 10.7 Å². The molecule has 8 nitrogen and oxygen atoms in total. The Hall–Kier alpha value is -2.64. The van der Waals surface area contributed by atoms with E-state index in [9.17, 15) is 9.59 Å². The van der Waals surface area contributed by atoms with Crippen LogP contribution >= 0.6 is 0 Å². The highest BCUT2D eigenvalue weighted by Crippen LogP contribution is 2.16. The molecule has 3 heterocycles. The number of amides is 1. The Balaban J connectivity index is 1.50. The number of hydrogen-bond donors (Lipinski definition) is 1. The molecule has 2 aromatic heterocycles. The molecule has 122 valence electrons. The van der Waals surface area contributed by atoms with Crippen molar-refractivity contribution < 1.29 is 4.79 Å². The maximum Gasteiger partial charge on any atom is 0.266 e. The van der Waals surface area contributed by atoms with E-state index in [-0.39, 0.29) is 17.5 Å². The summed E-state index contributed by atoms with van der Waals surface area (Å²) in [4.78, 5) is 25.5. The first-order valence-corrected chi connectivity index (χ1v) is 7.68. The van der Waals surface area contributed by atoms with Gasteiger partial charge in [-0.3, -0.25) is 14.3 Å². The van der Waals surface area contributed by atoms with E-state index in [0.717, 1.165) is 18.8 Å². The summed E-state index contributed by atoms with van der Waals surface area (Å²) < 4.78 is 3.07. The van der Waals surface area contributed by atoms with Crippen molar-refractivity contribution >= 4 is 11.7 Å². The molecule has 1 aliphatic heterocycles. The summed E-state index contributed by atoms with van der Waals surface area (Å²) in [6.07, 6.45) is 4.83. The molecule has 0 aliphatic carbocycles. The zero-order chi connectivity index (χ0) is 16.2. The highest BCUT2D eigenvalue weighted by molar-refractivity contribution is 5.76. The van der Waals surface area contributed by atoms with Crippen LogP contribution in [0.5, 0.6) is 0 Å². The third-order valence-corrected chi connectivity index (χ3v) is 3.95. The molecule has 1 aliphatic rings. The first-order valence-electron chi connectivity index (χ1n) is 7.68. The first kappa shape index (κ1) is 15.3. The van der Waals surface area contributed by atoms with Crippen molar-refractivity contribution in [3.05, 3.63) is 40.9 Å². The Bertz CT molecular complexity index is 724. The molecule has 1 fully saturated rings. The van der Waals surface area contributed by atoms with Gasteiger partial charge in [-0.15, -0.1) is 0 Å². The molecule has 0 aromatic carbocycles. The fourth-order valence-corrected chi connectivity index (χ4v) is 2.69. The van der Waals surface area contributed by atoms with E-state index in [1.807, 2.05) is 12.3 Å². The van der Waals surface area contributed by atoms with E-state index < -0.39 is 0 Å². The minimum absolute atomic E-state index is 0.0285. The minimum atomic E-state index is -0.128. The van der Waals surface area contributed by atoms with Crippen molar-refractivity contribution in [2.75, 3.05) is 18.0 Å². The summed E-state index contributed by atoms with van der Waals surface area (Å²) in [5.41, 5.74) is -0.128. The third-order valence-electron chi connectivity index (χ3n) is 3.95. The number of hydrogen-bond acceptors (Lipinski definition) is 5. The second-order valence-electron chi connectivity index (χ2n) is 5.67. The van der Waals surface area contributed by atoms with Crippen LogP contribution < -0.4 is 15.8 Å². The zero-order valence-electron chi connectivity index (χ0n) is 13.1. The van der Waals surface area contributed by atoms with Crippen molar-refractivity contribution in [2.45, 2.75) is 25.4 Å². The van der Waals surface area contributed by atoms with Gasteiger partial charge >= 0.3 is 0 Å². The summed E-state index contributed by atoms with van der Waals surface area (Å²) in [6, 6.07) is 5.19. The highest BCUT2D eigenvalue weighted by Gasteiger charge is 2.25. The summed E-state index contributed by atoms with van der Waals surface area (Å²) in [7, 11) is 1.64. The molecule has 23 heavy (non-hydrogen) atoms. The highest BCUT2D eigenvalue weighted by atomic mass is 16.1. The zero-order valence-corrected chi connectivity index (χ0v) is 13.1. The average molecular weight is 316 g/mol. The van der Waals surface area contributed by atoms with Crippen LogP contribution in [0.2, 0.25) is 0 Å². The van der Waals surface area contributed by atoms with Crippen LogP contribution in [0.1, 0.15) is 12.8 Å². The van der Waals surface area contributed by atoms with E-state index in [0.29, 0.717) is 19.5 Å². The molecular weight excluding hydrogens is 296 g/mol. The van der Waals surface area contributed by atoms with Crippen molar-refractivity contribution in [1.82, 2.24) is 24.9 Å². The van der Waals surface area contributed by atoms with Gasteiger partial charge in [0, 0.05) is 57.6 Å². The van der Waals surface area contributed by atoms with Gasteiger partial charge in [-0.2, -0.15) is 10.2 Å². The lowest BCUT2D eigenvalue weighted by atomic mass is 10.2. The number of anilines is 1. The van der Waals surface area contributed by atoms with E-state index in [4.69, 9.17) is 0 Å². The lowest BCUT2D eigenvalue weighted by molar-refractivity contribution is -0.121. The number of carbonyl (C=O) groups excluding carboxylic acids is 1. The predicted molar refractivity (Wildman–Crippen MR) is 85.1 cm³/mol. The van der Waals surface area contributed by atoms with Crippen molar-refractivity contribution in [3.63, 3.8) is 0 Å². The Morgan fingerprint density at radius 3 is 3.04 bits per heavy atom. The van der Waals surface area contributed by atoms with E-state index >= 15 is 0 Å². The standard InChI is InChI=1S/C15H20N6O2/c1-19-15(23)4-3-13(18-19)20-9-5-12(11-20)17-14(22)6-10-21-8-2-7-16-21/h2-4,7-8,12H,5-6,9-11H2,1H3,(H,17,22). The monoisotopic (exact) mass is 316 g/mol.